The van der Waals surface area contributed by atoms with E-state index in [-0.39, 0.29) is 0 Å². The minimum absolute atomic E-state index is 0.562. The molecule has 2 aliphatic heterocycles. The first-order valence-electron chi connectivity index (χ1n) is 6.37. The molecule has 0 aliphatic carbocycles. The smallest absolute Gasteiger partial charge is 0.0416 e. The molecule has 4 atom stereocenters. The third-order valence-corrected chi connectivity index (χ3v) is 6.34. The van der Waals surface area contributed by atoms with Crippen molar-refractivity contribution in [2.45, 2.75) is 25.9 Å². The van der Waals surface area contributed by atoms with Gasteiger partial charge in [-0.25, -0.2) is 0 Å². The maximum Gasteiger partial charge on any atom is 0.0416 e. The molecule has 1 N–H and O–H groups in total. The van der Waals surface area contributed by atoms with Crippen LogP contribution in [0.5, 0.6) is 0 Å². The Balaban J connectivity index is 1.77. The summed E-state index contributed by atoms with van der Waals surface area (Å²) < 4.78 is 1.22. The first-order chi connectivity index (χ1) is 8.16. The van der Waals surface area contributed by atoms with Gasteiger partial charge in [-0.05, 0) is 60.8 Å². The Bertz CT molecular complexity index is 406. The predicted molar refractivity (Wildman–Crippen MR) is 76.5 cm³/mol. The number of nitrogens with zero attached hydrogens (tertiary/aromatic N) is 1. The van der Waals surface area contributed by atoms with Crippen molar-refractivity contribution < 1.29 is 0 Å². The molecule has 0 aromatic carbocycles. The Hall–Kier alpha value is 0.1000. The normalized spacial score (nSPS) is 35.1. The van der Waals surface area contributed by atoms with Crippen molar-refractivity contribution in [1.29, 1.82) is 0 Å². The lowest BCUT2D eigenvalue weighted by Gasteiger charge is -2.30. The minimum atomic E-state index is 0.562. The second-order valence-electron chi connectivity index (χ2n) is 5.36. The zero-order valence-electron chi connectivity index (χ0n) is 10.3. The van der Waals surface area contributed by atoms with Gasteiger partial charge in [-0.15, -0.1) is 11.3 Å². The quantitative estimate of drug-likeness (QED) is 0.902. The van der Waals surface area contributed by atoms with Gasteiger partial charge in [0.2, 0.25) is 0 Å². The molecule has 0 spiro atoms. The third kappa shape index (κ3) is 2.09. The standard InChI is InChI=1S/C13H19BrN2S/c1-8-12-5-15-4-10(12)6-16(8)9(2)13-3-11(14)7-17-13/h3,7-10,12,15H,4-6H2,1-2H3. The molecule has 2 nitrogen and oxygen atoms in total. The molecule has 4 unspecified atom stereocenters. The fraction of sp³-hybridized carbons (Fsp3) is 0.692. The second-order valence-corrected chi connectivity index (χ2v) is 7.22. The predicted octanol–water partition coefficient (Wildman–Crippen LogP) is 3.11. The van der Waals surface area contributed by atoms with Crippen molar-refractivity contribution in [3.8, 4) is 0 Å². The molecular weight excluding hydrogens is 296 g/mol. The number of hydrogen-bond acceptors (Lipinski definition) is 3. The average molecular weight is 315 g/mol. The Kier molecular flexibility index (Phi) is 3.32. The molecular formula is C13H19BrN2S. The fourth-order valence-electron chi connectivity index (χ4n) is 3.42. The summed E-state index contributed by atoms with van der Waals surface area (Å²) in [5.74, 6) is 1.73. The lowest BCUT2D eigenvalue weighted by Crippen LogP contribution is -2.34. The molecule has 0 amide bonds. The number of thiophene rings is 1. The molecule has 3 heterocycles. The van der Waals surface area contributed by atoms with E-state index in [2.05, 4.69) is 51.4 Å². The molecule has 1 aromatic heterocycles. The average Bonchev–Trinajstić information content (AvgIpc) is 2.96. The number of rotatable bonds is 2. The van der Waals surface area contributed by atoms with E-state index in [1.54, 1.807) is 0 Å². The lowest BCUT2D eigenvalue weighted by molar-refractivity contribution is 0.185. The summed E-state index contributed by atoms with van der Waals surface area (Å²) in [5.41, 5.74) is 0. The molecule has 0 bridgehead atoms. The largest absolute Gasteiger partial charge is 0.316 e. The summed E-state index contributed by atoms with van der Waals surface area (Å²) in [6, 6.07) is 3.55. The highest BCUT2D eigenvalue weighted by Crippen LogP contribution is 2.39. The van der Waals surface area contributed by atoms with Crippen molar-refractivity contribution in [1.82, 2.24) is 10.2 Å². The lowest BCUT2D eigenvalue weighted by atomic mass is 9.95. The Morgan fingerprint density at radius 1 is 1.53 bits per heavy atom. The first-order valence-corrected chi connectivity index (χ1v) is 8.04. The maximum absolute atomic E-state index is 3.55. The molecule has 2 aliphatic rings. The second kappa shape index (κ2) is 4.65. The van der Waals surface area contributed by atoms with Crippen LogP contribution < -0.4 is 5.32 Å². The van der Waals surface area contributed by atoms with Crippen LogP contribution in [0.3, 0.4) is 0 Å². The SMILES string of the molecule is CC(c1cc(Br)cs1)N1CC2CNCC2C1C. The van der Waals surface area contributed by atoms with Crippen LogP contribution in [0.1, 0.15) is 24.8 Å². The zero-order chi connectivity index (χ0) is 12.0. The molecule has 1 aromatic rings. The van der Waals surface area contributed by atoms with Crippen LogP contribution in [-0.4, -0.2) is 30.6 Å². The minimum Gasteiger partial charge on any atom is -0.316 e. The molecule has 4 heteroatoms. The maximum atomic E-state index is 3.55. The van der Waals surface area contributed by atoms with E-state index < -0.39 is 0 Å². The number of hydrogen-bond donors (Lipinski definition) is 1. The van der Waals surface area contributed by atoms with Crippen molar-refractivity contribution in [2.24, 2.45) is 11.8 Å². The van der Waals surface area contributed by atoms with E-state index in [1.807, 2.05) is 11.3 Å². The Morgan fingerprint density at radius 2 is 2.35 bits per heavy atom. The highest BCUT2D eigenvalue weighted by Gasteiger charge is 2.43. The van der Waals surface area contributed by atoms with Gasteiger partial charge in [-0.1, -0.05) is 0 Å². The van der Waals surface area contributed by atoms with Gasteiger partial charge in [0.15, 0.2) is 0 Å². The van der Waals surface area contributed by atoms with Crippen LogP contribution in [0.2, 0.25) is 0 Å². The van der Waals surface area contributed by atoms with Crippen molar-refractivity contribution in [3.05, 3.63) is 20.8 Å². The molecule has 2 saturated heterocycles. The fourth-order valence-corrected chi connectivity index (χ4v) is 4.94. The van der Waals surface area contributed by atoms with Crippen molar-refractivity contribution >= 4 is 27.3 Å². The molecule has 2 fully saturated rings. The van der Waals surface area contributed by atoms with E-state index >= 15 is 0 Å². The summed E-state index contributed by atoms with van der Waals surface area (Å²) in [6.07, 6.45) is 0. The van der Waals surface area contributed by atoms with Gasteiger partial charge in [0, 0.05) is 33.4 Å². The van der Waals surface area contributed by atoms with Crippen LogP contribution in [0.15, 0.2) is 15.9 Å². The van der Waals surface area contributed by atoms with E-state index in [0.29, 0.717) is 12.1 Å². The van der Waals surface area contributed by atoms with Crippen molar-refractivity contribution in [2.75, 3.05) is 19.6 Å². The van der Waals surface area contributed by atoms with Crippen molar-refractivity contribution in [3.63, 3.8) is 0 Å². The molecule has 0 saturated carbocycles. The summed E-state index contributed by atoms with van der Waals surface area (Å²) in [5, 5.41) is 5.72. The topological polar surface area (TPSA) is 15.3 Å². The molecule has 0 radical (unpaired) electrons. The third-order valence-electron chi connectivity index (χ3n) is 4.48. The summed E-state index contributed by atoms with van der Waals surface area (Å²) in [7, 11) is 0. The number of likely N-dealkylation sites (tertiary alicyclic amines) is 1. The van der Waals surface area contributed by atoms with Gasteiger partial charge in [0.1, 0.15) is 0 Å². The Morgan fingerprint density at radius 3 is 3.00 bits per heavy atom. The van der Waals surface area contributed by atoms with E-state index in [1.165, 1.54) is 29.0 Å². The zero-order valence-corrected chi connectivity index (χ0v) is 12.7. The summed E-state index contributed by atoms with van der Waals surface area (Å²) in [6.45, 7) is 8.44. The van der Waals surface area contributed by atoms with Gasteiger partial charge in [0.25, 0.3) is 0 Å². The van der Waals surface area contributed by atoms with Crippen LogP contribution in [0.4, 0.5) is 0 Å². The summed E-state index contributed by atoms with van der Waals surface area (Å²) >= 11 is 5.43. The van der Waals surface area contributed by atoms with Gasteiger partial charge in [-0.2, -0.15) is 0 Å². The highest BCUT2D eigenvalue weighted by atomic mass is 79.9. The number of fused-ring (bicyclic) bond motifs is 1. The van der Waals surface area contributed by atoms with Gasteiger partial charge < -0.3 is 5.32 Å². The number of halogens is 1. The monoisotopic (exact) mass is 314 g/mol. The van der Waals surface area contributed by atoms with E-state index in [0.717, 1.165) is 11.8 Å². The molecule has 3 rings (SSSR count). The van der Waals surface area contributed by atoms with E-state index in [9.17, 15) is 0 Å². The molecule has 17 heavy (non-hydrogen) atoms. The highest BCUT2D eigenvalue weighted by molar-refractivity contribution is 9.10. The van der Waals surface area contributed by atoms with Gasteiger partial charge >= 0.3 is 0 Å². The Labute approximate surface area is 116 Å². The van der Waals surface area contributed by atoms with Gasteiger partial charge in [-0.3, -0.25) is 4.90 Å². The molecule has 94 valence electrons. The van der Waals surface area contributed by atoms with Crippen LogP contribution >= 0.6 is 27.3 Å². The van der Waals surface area contributed by atoms with Crippen LogP contribution in [0.25, 0.3) is 0 Å². The number of nitrogens with one attached hydrogen (secondary N) is 1. The van der Waals surface area contributed by atoms with Crippen LogP contribution in [0, 0.1) is 11.8 Å². The van der Waals surface area contributed by atoms with E-state index in [4.69, 9.17) is 0 Å². The summed E-state index contributed by atoms with van der Waals surface area (Å²) in [4.78, 5) is 4.17. The van der Waals surface area contributed by atoms with Crippen LogP contribution in [-0.2, 0) is 0 Å². The first kappa shape index (κ1) is 12.2. The van der Waals surface area contributed by atoms with Gasteiger partial charge in [0.05, 0.1) is 0 Å².